The number of nitrogens with one attached hydrogen (secondary N) is 1. The van der Waals surface area contributed by atoms with Crippen LogP contribution in [0.2, 0.25) is 5.02 Å². The fourth-order valence-electron chi connectivity index (χ4n) is 3.09. The Bertz CT molecular complexity index is 1450. The van der Waals surface area contributed by atoms with Crippen LogP contribution in [-0.2, 0) is 29.7 Å². The van der Waals surface area contributed by atoms with Gasteiger partial charge in [0.15, 0.2) is 0 Å². The van der Waals surface area contributed by atoms with E-state index in [0.29, 0.717) is 5.56 Å². The van der Waals surface area contributed by atoms with Crippen molar-refractivity contribution < 1.29 is 25.3 Å². The summed E-state index contributed by atoms with van der Waals surface area (Å²) in [5.41, 5.74) is 0.544. The highest BCUT2D eigenvalue weighted by Gasteiger charge is 2.29. The molecule has 1 atom stereocenters. The van der Waals surface area contributed by atoms with Gasteiger partial charge in [0.25, 0.3) is 0 Å². The molecule has 7 nitrogen and oxygen atoms in total. The number of benzene rings is 3. The maximum atomic E-state index is 13.3. The molecular weight excluding hydrogens is 494 g/mol. The summed E-state index contributed by atoms with van der Waals surface area (Å²) >= 11 is 6.00. The van der Waals surface area contributed by atoms with Crippen molar-refractivity contribution in [1.82, 2.24) is 4.72 Å². The van der Waals surface area contributed by atoms with Crippen molar-refractivity contribution >= 4 is 41.3 Å². The lowest BCUT2D eigenvalue weighted by Crippen LogP contribution is -2.25. The van der Waals surface area contributed by atoms with Gasteiger partial charge in [0, 0.05) is 11.1 Å². The zero-order chi connectivity index (χ0) is 23.7. The summed E-state index contributed by atoms with van der Waals surface area (Å²) in [4.78, 5) is -1.03. The van der Waals surface area contributed by atoms with Gasteiger partial charge < -0.3 is 0 Å². The Labute approximate surface area is 193 Å². The van der Waals surface area contributed by atoms with Gasteiger partial charge in [-0.05, 0) is 55.0 Å². The van der Waals surface area contributed by atoms with E-state index in [-0.39, 0.29) is 14.8 Å². The van der Waals surface area contributed by atoms with Crippen LogP contribution in [0.15, 0.2) is 92.4 Å². The Morgan fingerprint density at radius 2 is 1.25 bits per heavy atom. The standard InChI is InChI=1S/C21H20ClNO6S3/c1-15(23-30(2,24)25)16-8-11-19(12-9-16)31(26,27)20-13-10-17(22)14-21(20)32(28,29)18-6-4-3-5-7-18/h3-15,23H,1-2H3/t15-/m0/s1. The van der Waals surface area contributed by atoms with Crippen LogP contribution in [0.25, 0.3) is 0 Å². The molecule has 0 saturated heterocycles. The number of sulfone groups is 2. The second kappa shape index (κ2) is 8.95. The first-order valence-corrected chi connectivity index (χ1v) is 14.5. The molecule has 0 saturated carbocycles. The second-order valence-electron chi connectivity index (χ2n) is 7.09. The predicted octanol–water partition coefficient (Wildman–Crippen LogP) is 3.62. The van der Waals surface area contributed by atoms with Crippen molar-refractivity contribution in [1.29, 1.82) is 0 Å². The normalized spacial score (nSPS) is 13.6. The van der Waals surface area contributed by atoms with E-state index >= 15 is 0 Å². The number of hydrogen-bond acceptors (Lipinski definition) is 6. The van der Waals surface area contributed by atoms with Gasteiger partial charge in [-0.3, -0.25) is 0 Å². The van der Waals surface area contributed by atoms with Crippen molar-refractivity contribution in [3.8, 4) is 0 Å². The lowest BCUT2D eigenvalue weighted by Gasteiger charge is -2.15. The minimum atomic E-state index is -4.23. The van der Waals surface area contributed by atoms with Crippen LogP contribution in [-0.4, -0.2) is 31.5 Å². The summed E-state index contributed by atoms with van der Waals surface area (Å²) in [7, 11) is -11.8. The molecule has 0 amide bonds. The number of sulfonamides is 1. The first kappa shape index (κ1) is 24.4. The fourth-order valence-corrected chi connectivity index (χ4v) is 7.47. The lowest BCUT2D eigenvalue weighted by atomic mass is 10.1. The smallest absolute Gasteiger partial charge is 0.209 e. The molecule has 11 heteroatoms. The molecule has 0 heterocycles. The van der Waals surface area contributed by atoms with Gasteiger partial charge in [-0.25, -0.2) is 30.0 Å². The number of hydrogen-bond donors (Lipinski definition) is 1. The molecule has 170 valence electrons. The molecule has 0 unspecified atom stereocenters. The van der Waals surface area contributed by atoms with Crippen LogP contribution in [0.5, 0.6) is 0 Å². The molecule has 0 spiro atoms. The van der Waals surface area contributed by atoms with Crippen LogP contribution in [0, 0.1) is 0 Å². The van der Waals surface area contributed by atoms with Crippen LogP contribution >= 0.6 is 11.6 Å². The third-order valence-electron chi connectivity index (χ3n) is 4.62. The zero-order valence-corrected chi connectivity index (χ0v) is 20.3. The summed E-state index contributed by atoms with van der Waals surface area (Å²) in [6, 6.07) is 16.0. The van der Waals surface area contributed by atoms with Crippen molar-refractivity contribution in [3.05, 3.63) is 83.4 Å². The molecule has 0 radical (unpaired) electrons. The molecule has 3 rings (SSSR count). The Hall–Kier alpha value is -2.24. The van der Waals surface area contributed by atoms with Gasteiger partial charge in [0.1, 0.15) is 0 Å². The molecule has 32 heavy (non-hydrogen) atoms. The topological polar surface area (TPSA) is 114 Å². The number of rotatable bonds is 7. The van der Waals surface area contributed by atoms with Crippen molar-refractivity contribution in [2.75, 3.05) is 6.26 Å². The maximum absolute atomic E-state index is 13.3. The first-order chi connectivity index (χ1) is 14.8. The Kier molecular flexibility index (Phi) is 6.83. The van der Waals surface area contributed by atoms with E-state index < -0.39 is 45.5 Å². The molecule has 1 N–H and O–H groups in total. The van der Waals surface area contributed by atoms with Crippen molar-refractivity contribution in [2.45, 2.75) is 32.5 Å². The summed E-state index contributed by atoms with van der Waals surface area (Å²) in [5, 5.41) is 0.0782. The molecule has 3 aromatic carbocycles. The monoisotopic (exact) mass is 513 g/mol. The van der Waals surface area contributed by atoms with Crippen LogP contribution < -0.4 is 4.72 Å². The molecular formula is C21H20ClNO6S3. The third-order valence-corrected chi connectivity index (χ3v) is 9.40. The largest absolute Gasteiger partial charge is 0.218 e. The average molecular weight is 514 g/mol. The Balaban J connectivity index is 2.09. The van der Waals surface area contributed by atoms with Gasteiger partial charge in [-0.15, -0.1) is 0 Å². The summed E-state index contributed by atoms with van der Waals surface area (Å²) < 4.78 is 78.3. The predicted molar refractivity (Wildman–Crippen MR) is 122 cm³/mol. The van der Waals surface area contributed by atoms with E-state index in [0.717, 1.165) is 18.4 Å². The van der Waals surface area contributed by atoms with Gasteiger partial charge in [0.2, 0.25) is 29.7 Å². The molecule has 0 fully saturated rings. The lowest BCUT2D eigenvalue weighted by molar-refractivity contribution is 0.572. The highest BCUT2D eigenvalue weighted by Crippen LogP contribution is 2.33. The molecule has 0 bridgehead atoms. The summed E-state index contributed by atoms with van der Waals surface area (Å²) in [5.74, 6) is 0. The molecule has 0 aliphatic rings. The molecule has 3 aromatic rings. The van der Waals surface area contributed by atoms with E-state index in [4.69, 9.17) is 11.6 Å². The van der Waals surface area contributed by atoms with Crippen molar-refractivity contribution in [3.63, 3.8) is 0 Å². The number of halogens is 1. The summed E-state index contributed by atoms with van der Waals surface area (Å²) in [6.45, 7) is 1.62. The van der Waals surface area contributed by atoms with E-state index in [2.05, 4.69) is 4.72 Å². The second-order valence-corrected chi connectivity index (χ2v) is 13.1. The summed E-state index contributed by atoms with van der Waals surface area (Å²) in [6.07, 6.45) is 1.03. The highest BCUT2D eigenvalue weighted by molar-refractivity contribution is 7.94. The van der Waals surface area contributed by atoms with Gasteiger partial charge >= 0.3 is 0 Å². The van der Waals surface area contributed by atoms with E-state index in [1.807, 2.05) is 0 Å². The average Bonchev–Trinajstić information content (AvgIpc) is 2.73. The van der Waals surface area contributed by atoms with Crippen LogP contribution in [0.1, 0.15) is 18.5 Å². The van der Waals surface area contributed by atoms with Crippen LogP contribution in [0.4, 0.5) is 0 Å². The maximum Gasteiger partial charge on any atom is 0.209 e. The third kappa shape index (κ3) is 5.21. The molecule has 0 aromatic heterocycles. The molecule has 0 aliphatic carbocycles. The van der Waals surface area contributed by atoms with Crippen LogP contribution in [0.3, 0.4) is 0 Å². The van der Waals surface area contributed by atoms with Gasteiger partial charge in [-0.1, -0.05) is 41.9 Å². The first-order valence-electron chi connectivity index (χ1n) is 9.24. The van der Waals surface area contributed by atoms with E-state index in [1.54, 1.807) is 13.0 Å². The zero-order valence-electron chi connectivity index (χ0n) is 17.1. The highest BCUT2D eigenvalue weighted by atomic mass is 35.5. The van der Waals surface area contributed by atoms with Crippen molar-refractivity contribution in [2.24, 2.45) is 0 Å². The van der Waals surface area contributed by atoms with Gasteiger partial charge in [0.05, 0.1) is 25.8 Å². The molecule has 0 aliphatic heterocycles. The fraction of sp³-hybridized carbons (Fsp3) is 0.143. The van der Waals surface area contributed by atoms with Gasteiger partial charge in [-0.2, -0.15) is 0 Å². The Morgan fingerprint density at radius 3 is 1.81 bits per heavy atom. The van der Waals surface area contributed by atoms with E-state index in [1.165, 1.54) is 54.6 Å². The quantitative estimate of drug-likeness (QED) is 0.516. The minimum absolute atomic E-state index is 0.0604. The SMILES string of the molecule is C[C@H](NS(C)(=O)=O)c1ccc(S(=O)(=O)c2ccc(Cl)cc2S(=O)(=O)c2ccccc2)cc1. The Morgan fingerprint density at radius 1 is 0.719 bits per heavy atom. The van der Waals surface area contributed by atoms with E-state index in [9.17, 15) is 25.3 Å². The minimum Gasteiger partial charge on any atom is -0.218 e.